The van der Waals surface area contributed by atoms with Crippen molar-refractivity contribution in [2.24, 2.45) is 0 Å². The number of aromatic amines is 1. The maximum atomic E-state index is 12.0. The molecule has 2 rings (SSSR count). The van der Waals surface area contributed by atoms with Crippen molar-refractivity contribution in [1.82, 2.24) is 20.2 Å². The molecule has 2 N–H and O–H groups in total. The summed E-state index contributed by atoms with van der Waals surface area (Å²) < 4.78 is 31.4. The molecule has 2 aromatic rings. The first-order chi connectivity index (χ1) is 8.51. The van der Waals surface area contributed by atoms with E-state index in [0.29, 0.717) is 4.47 Å². The minimum absolute atomic E-state index is 0.00671. The van der Waals surface area contributed by atoms with Gasteiger partial charge in [0.25, 0.3) is 10.0 Å². The summed E-state index contributed by atoms with van der Waals surface area (Å²) >= 11 is 3.14. The van der Waals surface area contributed by atoms with Crippen LogP contribution in [0.4, 0.5) is 5.95 Å². The van der Waals surface area contributed by atoms with E-state index >= 15 is 0 Å². The first-order valence-electron chi connectivity index (χ1n) is 4.61. The molecule has 0 radical (unpaired) electrons. The fourth-order valence-corrected chi connectivity index (χ4v) is 2.57. The summed E-state index contributed by atoms with van der Waals surface area (Å²) in [6, 6.07) is 1.46. The second-order valence-corrected chi connectivity index (χ2v) is 5.71. The van der Waals surface area contributed by atoms with Crippen molar-refractivity contribution in [3.8, 4) is 6.01 Å². The highest BCUT2D eigenvalue weighted by Crippen LogP contribution is 2.17. The van der Waals surface area contributed by atoms with Gasteiger partial charge in [0.15, 0.2) is 0 Å². The maximum Gasteiger partial charge on any atom is 0.336 e. The molecule has 10 heteroatoms. The average Bonchev–Trinajstić information content (AvgIpc) is 2.76. The van der Waals surface area contributed by atoms with E-state index in [1.807, 2.05) is 0 Å². The monoisotopic (exact) mass is 333 g/mol. The summed E-state index contributed by atoms with van der Waals surface area (Å²) in [5.74, 6) is -0.0353. The Morgan fingerprint density at radius 3 is 2.83 bits per heavy atom. The predicted molar refractivity (Wildman–Crippen MR) is 65.7 cm³/mol. The van der Waals surface area contributed by atoms with Crippen molar-refractivity contribution >= 4 is 31.9 Å². The van der Waals surface area contributed by atoms with Gasteiger partial charge in [-0.15, -0.1) is 5.10 Å². The quantitative estimate of drug-likeness (QED) is 0.855. The molecule has 2 aromatic heterocycles. The summed E-state index contributed by atoms with van der Waals surface area (Å²) in [5, 5.41) is 6.01. The van der Waals surface area contributed by atoms with Crippen molar-refractivity contribution in [3.63, 3.8) is 0 Å². The molecule has 0 amide bonds. The van der Waals surface area contributed by atoms with Crippen molar-refractivity contribution < 1.29 is 13.2 Å². The Labute approximate surface area is 111 Å². The first-order valence-corrected chi connectivity index (χ1v) is 6.88. The van der Waals surface area contributed by atoms with Crippen LogP contribution in [0.5, 0.6) is 6.01 Å². The number of H-pyrrole nitrogens is 1. The number of aromatic nitrogens is 4. The third-order valence-electron chi connectivity index (χ3n) is 1.87. The van der Waals surface area contributed by atoms with Gasteiger partial charge < -0.3 is 4.74 Å². The van der Waals surface area contributed by atoms with E-state index < -0.39 is 10.0 Å². The van der Waals surface area contributed by atoms with E-state index in [1.165, 1.54) is 25.6 Å². The molecule has 2 heterocycles. The van der Waals surface area contributed by atoms with Crippen LogP contribution in [0, 0.1) is 0 Å². The highest BCUT2D eigenvalue weighted by Gasteiger charge is 2.17. The fraction of sp³-hybridized carbons (Fsp3) is 0.125. The molecule has 0 aromatic carbocycles. The third kappa shape index (κ3) is 2.76. The van der Waals surface area contributed by atoms with Crippen LogP contribution in [0.3, 0.4) is 0 Å². The van der Waals surface area contributed by atoms with E-state index in [4.69, 9.17) is 4.74 Å². The van der Waals surface area contributed by atoms with Gasteiger partial charge in [-0.3, -0.25) is 4.98 Å². The number of hydrogen-bond acceptors (Lipinski definition) is 6. The highest BCUT2D eigenvalue weighted by atomic mass is 79.9. The molecular formula is C8H8BrN5O3S. The summed E-state index contributed by atoms with van der Waals surface area (Å²) in [6.45, 7) is 0. The van der Waals surface area contributed by atoms with Crippen LogP contribution < -0.4 is 9.46 Å². The second kappa shape index (κ2) is 4.90. The zero-order valence-corrected chi connectivity index (χ0v) is 11.5. The van der Waals surface area contributed by atoms with Gasteiger partial charge in [-0.05, 0) is 22.0 Å². The highest BCUT2D eigenvalue weighted by molar-refractivity contribution is 9.10. The van der Waals surface area contributed by atoms with E-state index in [2.05, 4.69) is 40.8 Å². The Kier molecular flexibility index (Phi) is 3.48. The molecule has 8 nitrogen and oxygen atoms in total. The van der Waals surface area contributed by atoms with Gasteiger partial charge in [-0.25, -0.2) is 18.2 Å². The molecule has 0 saturated carbocycles. The van der Waals surface area contributed by atoms with Gasteiger partial charge in [-0.2, -0.15) is 4.98 Å². The molecule has 0 aliphatic rings. The summed E-state index contributed by atoms with van der Waals surface area (Å²) in [5.41, 5.74) is 0. The van der Waals surface area contributed by atoms with E-state index in [0.717, 1.165) is 0 Å². The van der Waals surface area contributed by atoms with E-state index in [-0.39, 0.29) is 16.9 Å². The zero-order chi connectivity index (χ0) is 13.2. The molecule has 0 aliphatic carbocycles. The van der Waals surface area contributed by atoms with Crippen LogP contribution in [0.1, 0.15) is 0 Å². The number of hydrogen-bond donors (Lipinski definition) is 2. The largest absolute Gasteiger partial charge is 0.466 e. The van der Waals surface area contributed by atoms with Crippen molar-refractivity contribution in [3.05, 3.63) is 22.9 Å². The lowest BCUT2D eigenvalue weighted by Crippen LogP contribution is -2.14. The molecule has 0 bridgehead atoms. The van der Waals surface area contributed by atoms with E-state index in [1.54, 1.807) is 0 Å². The second-order valence-electron chi connectivity index (χ2n) is 3.12. The van der Waals surface area contributed by atoms with Crippen LogP contribution >= 0.6 is 15.9 Å². The zero-order valence-electron chi connectivity index (χ0n) is 9.08. The molecule has 0 spiro atoms. The smallest absolute Gasteiger partial charge is 0.336 e. The summed E-state index contributed by atoms with van der Waals surface area (Å²) in [7, 11) is -2.39. The van der Waals surface area contributed by atoms with Crippen molar-refractivity contribution in [2.75, 3.05) is 11.8 Å². The standard InChI is InChI=1S/C8H8BrN5O3S/c1-17-8-11-7(12-13-8)14-18(15,16)6-2-5(9)3-10-4-6/h2-4H,1H3,(H2,11,12,13,14). The number of rotatable bonds is 4. The Hall–Kier alpha value is -1.68. The predicted octanol–water partition coefficient (Wildman–Crippen LogP) is 0.772. The van der Waals surface area contributed by atoms with Crippen molar-refractivity contribution in [1.29, 1.82) is 0 Å². The Morgan fingerprint density at radius 1 is 1.44 bits per heavy atom. The summed E-state index contributed by atoms with van der Waals surface area (Å²) in [4.78, 5) is 7.53. The van der Waals surface area contributed by atoms with Crippen molar-refractivity contribution in [2.45, 2.75) is 4.90 Å². The molecule has 0 atom stereocenters. The normalized spacial score (nSPS) is 11.2. The Morgan fingerprint density at radius 2 is 2.22 bits per heavy atom. The molecule has 0 unspecified atom stereocenters. The van der Waals surface area contributed by atoms with Gasteiger partial charge in [-0.1, -0.05) is 0 Å². The topological polar surface area (TPSA) is 110 Å². The van der Waals surface area contributed by atoms with Crippen LogP contribution in [-0.2, 0) is 10.0 Å². The van der Waals surface area contributed by atoms with Gasteiger partial charge in [0.2, 0.25) is 5.95 Å². The molecular weight excluding hydrogens is 326 g/mol. The Bertz CT molecular complexity index is 656. The summed E-state index contributed by atoms with van der Waals surface area (Å²) in [6.07, 6.45) is 2.71. The number of sulfonamides is 1. The Balaban J connectivity index is 2.27. The van der Waals surface area contributed by atoms with Crippen LogP contribution in [0.2, 0.25) is 0 Å². The van der Waals surface area contributed by atoms with Gasteiger partial charge in [0, 0.05) is 16.9 Å². The molecule has 0 fully saturated rings. The van der Waals surface area contributed by atoms with Gasteiger partial charge in [0.1, 0.15) is 4.90 Å². The number of methoxy groups -OCH3 is 1. The maximum absolute atomic E-state index is 12.0. The van der Waals surface area contributed by atoms with Gasteiger partial charge in [0.05, 0.1) is 7.11 Å². The molecule has 0 aliphatic heterocycles. The SMILES string of the molecule is COc1n[nH]c(NS(=O)(=O)c2cncc(Br)c2)n1. The van der Waals surface area contributed by atoms with Crippen LogP contribution in [0.25, 0.3) is 0 Å². The third-order valence-corrected chi connectivity index (χ3v) is 3.61. The number of pyridine rings is 1. The lowest BCUT2D eigenvalue weighted by atomic mass is 10.5. The van der Waals surface area contributed by atoms with Crippen LogP contribution in [-0.4, -0.2) is 35.7 Å². The fourth-order valence-electron chi connectivity index (χ4n) is 1.11. The van der Waals surface area contributed by atoms with Crippen LogP contribution in [0.15, 0.2) is 27.8 Å². The molecule has 18 heavy (non-hydrogen) atoms. The van der Waals surface area contributed by atoms with Gasteiger partial charge >= 0.3 is 6.01 Å². The minimum atomic E-state index is -3.76. The molecule has 96 valence electrons. The number of nitrogens with one attached hydrogen (secondary N) is 2. The van der Waals surface area contributed by atoms with E-state index in [9.17, 15) is 8.42 Å². The number of ether oxygens (including phenoxy) is 1. The minimum Gasteiger partial charge on any atom is -0.466 e. The number of nitrogens with zero attached hydrogens (tertiary/aromatic N) is 3. The lowest BCUT2D eigenvalue weighted by Gasteiger charge is -2.04. The number of anilines is 1. The number of halogens is 1. The average molecular weight is 334 g/mol. The first kappa shape index (κ1) is 12.8. The lowest BCUT2D eigenvalue weighted by molar-refractivity contribution is 0.382. The molecule has 0 saturated heterocycles.